The third-order valence-corrected chi connectivity index (χ3v) is 6.86. The molecule has 5 nitrogen and oxygen atoms in total. The van der Waals surface area contributed by atoms with Gasteiger partial charge in [-0.3, -0.25) is 9.36 Å². The van der Waals surface area contributed by atoms with Gasteiger partial charge in [-0.15, -0.1) is 0 Å². The Morgan fingerprint density at radius 2 is 1.90 bits per heavy atom. The predicted octanol–water partition coefficient (Wildman–Crippen LogP) is 5.19. The number of benzene rings is 1. The van der Waals surface area contributed by atoms with E-state index in [0.717, 1.165) is 36.0 Å². The third-order valence-electron chi connectivity index (χ3n) is 5.81. The maximum absolute atomic E-state index is 14.6. The van der Waals surface area contributed by atoms with Crippen LogP contribution in [0.3, 0.4) is 0 Å². The summed E-state index contributed by atoms with van der Waals surface area (Å²) in [6.07, 6.45) is 0.311. The number of anilines is 1. The molecule has 9 heteroatoms. The van der Waals surface area contributed by atoms with E-state index in [1.165, 1.54) is 23.0 Å². The van der Waals surface area contributed by atoms with Crippen LogP contribution >= 0.6 is 11.8 Å². The largest absolute Gasteiger partial charge is 0.363 e. The topological polar surface area (TPSA) is 59.8 Å². The van der Waals surface area contributed by atoms with Gasteiger partial charge in [0.15, 0.2) is 0 Å². The van der Waals surface area contributed by atoms with E-state index in [1.807, 2.05) is 17.8 Å². The Bertz CT molecular complexity index is 1160. The van der Waals surface area contributed by atoms with Crippen LogP contribution in [-0.2, 0) is 7.05 Å². The number of thioether (sulfide) groups is 1. The van der Waals surface area contributed by atoms with E-state index in [4.69, 9.17) is 0 Å². The SMILES string of the molecule is C[C@@H](Nc1ncnc2c1cc(C1CCSCC1)c(=O)n2C)c1cccc(C(F)F)c1F. The van der Waals surface area contributed by atoms with Gasteiger partial charge < -0.3 is 5.32 Å². The molecule has 1 aromatic carbocycles. The number of nitrogens with one attached hydrogen (secondary N) is 1. The summed E-state index contributed by atoms with van der Waals surface area (Å²) in [6.45, 7) is 1.68. The van der Waals surface area contributed by atoms with Gasteiger partial charge >= 0.3 is 0 Å². The number of hydrogen-bond donors (Lipinski definition) is 1. The number of hydrogen-bond acceptors (Lipinski definition) is 5. The second kappa shape index (κ2) is 8.90. The van der Waals surface area contributed by atoms with Gasteiger partial charge in [-0.05, 0) is 43.3 Å². The number of rotatable bonds is 5. The van der Waals surface area contributed by atoms with Gasteiger partial charge in [0.2, 0.25) is 0 Å². The molecular weight excluding hydrogens is 425 g/mol. The molecule has 31 heavy (non-hydrogen) atoms. The number of nitrogens with zero attached hydrogens (tertiary/aromatic N) is 3. The molecule has 0 aliphatic carbocycles. The zero-order valence-corrected chi connectivity index (χ0v) is 18.1. The van der Waals surface area contributed by atoms with Gasteiger partial charge in [-0.2, -0.15) is 11.8 Å². The fourth-order valence-corrected chi connectivity index (χ4v) is 5.17. The van der Waals surface area contributed by atoms with Crippen molar-refractivity contribution in [3.05, 3.63) is 63.5 Å². The lowest BCUT2D eigenvalue weighted by Crippen LogP contribution is -2.26. The first-order valence-electron chi connectivity index (χ1n) is 10.1. The Hall–Kier alpha value is -2.55. The molecule has 4 rings (SSSR count). The molecule has 164 valence electrons. The van der Waals surface area contributed by atoms with E-state index >= 15 is 0 Å². The van der Waals surface area contributed by atoms with Crippen molar-refractivity contribution in [2.45, 2.75) is 38.2 Å². The quantitative estimate of drug-likeness (QED) is 0.582. The fraction of sp³-hybridized carbons (Fsp3) is 0.409. The van der Waals surface area contributed by atoms with Crippen LogP contribution in [0.5, 0.6) is 0 Å². The molecule has 3 heterocycles. The van der Waals surface area contributed by atoms with Gasteiger partial charge in [0.05, 0.1) is 17.0 Å². The van der Waals surface area contributed by atoms with Gasteiger partial charge in [-0.25, -0.2) is 23.1 Å². The van der Waals surface area contributed by atoms with Crippen LogP contribution in [0.1, 0.15) is 54.8 Å². The normalized spacial score (nSPS) is 16.1. The second-order valence-electron chi connectivity index (χ2n) is 7.73. The smallest absolute Gasteiger partial charge is 0.266 e. The summed E-state index contributed by atoms with van der Waals surface area (Å²) in [5.74, 6) is 1.71. The maximum Gasteiger partial charge on any atom is 0.266 e. The van der Waals surface area contributed by atoms with Crippen LogP contribution in [0.15, 0.2) is 35.4 Å². The monoisotopic (exact) mass is 448 g/mol. The van der Waals surface area contributed by atoms with Gasteiger partial charge in [0, 0.05) is 18.2 Å². The van der Waals surface area contributed by atoms with Crippen molar-refractivity contribution >= 4 is 28.6 Å². The third kappa shape index (κ3) is 4.15. The van der Waals surface area contributed by atoms with E-state index in [0.29, 0.717) is 16.9 Å². The number of aromatic nitrogens is 3. The zero-order valence-electron chi connectivity index (χ0n) is 17.2. The highest BCUT2D eigenvalue weighted by molar-refractivity contribution is 7.99. The number of aryl methyl sites for hydroxylation is 1. The van der Waals surface area contributed by atoms with Crippen LogP contribution < -0.4 is 10.9 Å². The number of pyridine rings is 1. The Labute approximate surface area is 182 Å². The summed E-state index contributed by atoms with van der Waals surface area (Å²) in [4.78, 5) is 21.5. The fourth-order valence-electron chi connectivity index (χ4n) is 4.06. The van der Waals surface area contributed by atoms with Gasteiger partial charge in [0.25, 0.3) is 12.0 Å². The first-order chi connectivity index (χ1) is 14.9. The number of halogens is 3. The number of fused-ring (bicyclic) bond motifs is 1. The minimum atomic E-state index is -2.89. The summed E-state index contributed by atoms with van der Waals surface area (Å²) < 4.78 is 42.3. The maximum atomic E-state index is 14.6. The molecule has 3 aromatic rings. The summed E-state index contributed by atoms with van der Waals surface area (Å²) in [7, 11) is 1.68. The van der Waals surface area contributed by atoms with Gasteiger partial charge in [0.1, 0.15) is 23.6 Å². The van der Waals surface area contributed by atoms with Crippen molar-refractivity contribution in [1.82, 2.24) is 14.5 Å². The standard InChI is InChI=1S/C22H23F3N4OS/c1-12(14-4-3-5-15(18(14)23)19(24)25)28-20-17-10-16(13-6-8-31-9-7-13)22(30)29(2)21(17)27-11-26-20/h3-5,10-13,19H,6-9H2,1-2H3,(H,26,27,28)/t12-/m1/s1. The van der Waals surface area contributed by atoms with Crippen molar-refractivity contribution in [3.8, 4) is 0 Å². The van der Waals surface area contributed by atoms with Gasteiger partial charge in [-0.1, -0.05) is 18.2 Å². The molecule has 0 radical (unpaired) electrons. The molecule has 0 saturated carbocycles. The van der Waals surface area contributed by atoms with Crippen molar-refractivity contribution in [2.75, 3.05) is 16.8 Å². The van der Waals surface area contributed by atoms with Crippen LogP contribution in [-0.4, -0.2) is 26.0 Å². The Morgan fingerprint density at radius 3 is 2.61 bits per heavy atom. The highest BCUT2D eigenvalue weighted by atomic mass is 32.2. The Kier molecular flexibility index (Phi) is 6.22. The van der Waals surface area contributed by atoms with Crippen molar-refractivity contribution in [3.63, 3.8) is 0 Å². The minimum absolute atomic E-state index is 0.0715. The molecule has 0 spiro atoms. The minimum Gasteiger partial charge on any atom is -0.363 e. The lowest BCUT2D eigenvalue weighted by Gasteiger charge is -2.23. The van der Waals surface area contributed by atoms with E-state index in [1.54, 1.807) is 14.0 Å². The molecule has 1 N–H and O–H groups in total. The first kappa shape index (κ1) is 21.7. The zero-order chi connectivity index (χ0) is 22.1. The predicted molar refractivity (Wildman–Crippen MR) is 117 cm³/mol. The van der Waals surface area contributed by atoms with Crippen LogP contribution in [0, 0.1) is 5.82 Å². The summed E-state index contributed by atoms with van der Waals surface area (Å²) >= 11 is 1.89. The van der Waals surface area contributed by atoms with Crippen LogP contribution in [0.2, 0.25) is 0 Å². The molecule has 1 saturated heterocycles. The molecule has 0 amide bonds. The van der Waals surface area contributed by atoms with Crippen molar-refractivity contribution in [1.29, 1.82) is 0 Å². The Morgan fingerprint density at radius 1 is 1.19 bits per heavy atom. The second-order valence-corrected chi connectivity index (χ2v) is 8.95. The summed E-state index contributed by atoms with van der Waals surface area (Å²) in [6, 6.07) is 5.19. The van der Waals surface area contributed by atoms with Crippen molar-refractivity contribution in [2.24, 2.45) is 7.05 Å². The average molecular weight is 449 g/mol. The summed E-state index contributed by atoms with van der Waals surface area (Å²) in [5.41, 5.74) is 0.618. The van der Waals surface area contributed by atoms with Crippen LogP contribution in [0.25, 0.3) is 11.0 Å². The van der Waals surface area contributed by atoms with E-state index in [-0.39, 0.29) is 17.0 Å². The summed E-state index contributed by atoms with van der Waals surface area (Å²) in [5, 5.41) is 3.78. The molecular formula is C22H23F3N4OS. The van der Waals surface area contributed by atoms with E-state index in [9.17, 15) is 18.0 Å². The molecule has 1 fully saturated rings. The lowest BCUT2D eigenvalue weighted by molar-refractivity contribution is 0.146. The molecule has 0 unspecified atom stereocenters. The lowest BCUT2D eigenvalue weighted by atomic mass is 9.94. The molecule has 1 atom stereocenters. The number of alkyl halides is 2. The molecule has 1 aliphatic heterocycles. The average Bonchev–Trinajstić information content (AvgIpc) is 2.77. The van der Waals surface area contributed by atoms with E-state index in [2.05, 4.69) is 15.3 Å². The molecule has 2 aromatic heterocycles. The molecule has 0 bridgehead atoms. The van der Waals surface area contributed by atoms with E-state index < -0.39 is 23.8 Å². The molecule has 1 aliphatic rings. The highest BCUT2D eigenvalue weighted by Gasteiger charge is 2.23. The Balaban J connectivity index is 1.75. The first-order valence-corrected chi connectivity index (χ1v) is 11.3. The van der Waals surface area contributed by atoms with Crippen molar-refractivity contribution < 1.29 is 13.2 Å². The highest BCUT2D eigenvalue weighted by Crippen LogP contribution is 2.33. The van der Waals surface area contributed by atoms with Crippen LogP contribution in [0.4, 0.5) is 19.0 Å².